The van der Waals surface area contributed by atoms with Gasteiger partial charge in [0.05, 0.1) is 6.10 Å². The molecule has 0 saturated carbocycles. The monoisotopic (exact) mass is 206 g/mol. The number of allylic oxidation sites excluding steroid dienone is 1. The van der Waals surface area contributed by atoms with Gasteiger partial charge in [-0.1, -0.05) is 24.3 Å². The number of hydrogen-bond donors (Lipinski definition) is 1. The van der Waals surface area contributed by atoms with E-state index in [2.05, 4.69) is 6.58 Å². The summed E-state index contributed by atoms with van der Waals surface area (Å²) in [4.78, 5) is 0. The molecule has 0 aliphatic heterocycles. The lowest BCUT2D eigenvalue weighted by molar-refractivity contribution is 0.0984. The molecule has 1 rings (SSSR count). The Morgan fingerprint density at radius 1 is 1.33 bits per heavy atom. The molecule has 0 bridgehead atoms. The summed E-state index contributed by atoms with van der Waals surface area (Å²) in [6.45, 7) is 4.00. The first-order chi connectivity index (χ1) is 7.33. The third-order valence-corrected chi connectivity index (χ3v) is 2.13. The largest absolute Gasteiger partial charge is 0.491 e. The number of aliphatic hydroxyl groups excluding tert-OH is 1. The van der Waals surface area contributed by atoms with Gasteiger partial charge < -0.3 is 9.84 Å². The molecule has 0 spiro atoms. The average molecular weight is 206 g/mol. The average Bonchev–Trinajstić information content (AvgIpc) is 2.28. The lowest BCUT2D eigenvalue weighted by Gasteiger charge is -2.11. The van der Waals surface area contributed by atoms with Crippen LogP contribution in [0.2, 0.25) is 0 Å². The number of para-hydroxylation sites is 1. The van der Waals surface area contributed by atoms with E-state index in [1.807, 2.05) is 36.4 Å². The van der Waals surface area contributed by atoms with Gasteiger partial charge in [-0.05, 0) is 31.4 Å². The van der Waals surface area contributed by atoms with E-state index in [9.17, 15) is 5.11 Å². The van der Waals surface area contributed by atoms with Crippen molar-refractivity contribution in [1.29, 1.82) is 0 Å². The maximum absolute atomic E-state index is 9.58. The van der Waals surface area contributed by atoms with Crippen LogP contribution in [0.3, 0.4) is 0 Å². The SMILES string of the molecule is C=CCCCC(O)COc1ccccc1. The quantitative estimate of drug-likeness (QED) is 0.549. The van der Waals surface area contributed by atoms with Gasteiger partial charge >= 0.3 is 0 Å². The zero-order valence-corrected chi connectivity index (χ0v) is 8.93. The summed E-state index contributed by atoms with van der Waals surface area (Å²) in [5.41, 5.74) is 0. The zero-order valence-electron chi connectivity index (χ0n) is 8.93. The second-order valence-electron chi connectivity index (χ2n) is 3.50. The van der Waals surface area contributed by atoms with E-state index in [0.717, 1.165) is 25.0 Å². The van der Waals surface area contributed by atoms with Gasteiger partial charge in [-0.25, -0.2) is 0 Å². The van der Waals surface area contributed by atoms with Crippen LogP contribution in [0.5, 0.6) is 5.75 Å². The summed E-state index contributed by atoms with van der Waals surface area (Å²) in [7, 11) is 0. The Morgan fingerprint density at radius 3 is 2.73 bits per heavy atom. The Bertz CT molecular complexity index is 269. The van der Waals surface area contributed by atoms with E-state index in [0.29, 0.717) is 6.61 Å². The summed E-state index contributed by atoms with van der Waals surface area (Å²) in [5, 5.41) is 9.58. The van der Waals surface area contributed by atoms with Gasteiger partial charge in [0, 0.05) is 0 Å². The zero-order chi connectivity index (χ0) is 10.9. The summed E-state index contributed by atoms with van der Waals surface area (Å²) < 4.78 is 5.42. The van der Waals surface area contributed by atoms with Crippen LogP contribution in [0.4, 0.5) is 0 Å². The van der Waals surface area contributed by atoms with Crippen LogP contribution in [0.15, 0.2) is 43.0 Å². The molecule has 0 saturated heterocycles. The van der Waals surface area contributed by atoms with E-state index in [1.54, 1.807) is 0 Å². The highest BCUT2D eigenvalue weighted by molar-refractivity contribution is 5.20. The van der Waals surface area contributed by atoms with Gasteiger partial charge in [0.2, 0.25) is 0 Å². The third kappa shape index (κ3) is 5.23. The van der Waals surface area contributed by atoms with Crippen molar-refractivity contribution in [2.75, 3.05) is 6.61 Å². The number of ether oxygens (including phenoxy) is 1. The van der Waals surface area contributed by atoms with Gasteiger partial charge in [0.15, 0.2) is 0 Å². The molecule has 0 fully saturated rings. The Labute approximate surface area is 91.2 Å². The summed E-state index contributed by atoms with van der Waals surface area (Å²) in [6.07, 6.45) is 4.15. The molecule has 15 heavy (non-hydrogen) atoms. The maximum Gasteiger partial charge on any atom is 0.119 e. The fourth-order valence-corrected chi connectivity index (χ4v) is 1.29. The topological polar surface area (TPSA) is 29.5 Å². The Morgan fingerprint density at radius 2 is 2.07 bits per heavy atom. The van der Waals surface area contributed by atoms with E-state index in [1.165, 1.54) is 0 Å². The summed E-state index contributed by atoms with van der Waals surface area (Å²) in [5.74, 6) is 0.806. The minimum Gasteiger partial charge on any atom is -0.491 e. The fraction of sp³-hybridized carbons (Fsp3) is 0.385. The number of hydrogen-bond acceptors (Lipinski definition) is 2. The normalized spacial score (nSPS) is 12.1. The van der Waals surface area contributed by atoms with Gasteiger partial charge in [-0.2, -0.15) is 0 Å². The van der Waals surface area contributed by atoms with Crippen LogP contribution in [0, 0.1) is 0 Å². The van der Waals surface area contributed by atoms with Crippen molar-refractivity contribution >= 4 is 0 Å². The van der Waals surface area contributed by atoms with Crippen LogP contribution in [0.25, 0.3) is 0 Å². The third-order valence-electron chi connectivity index (χ3n) is 2.13. The van der Waals surface area contributed by atoms with Gasteiger partial charge in [0.1, 0.15) is 12.4 Å². The van der Waals surface area contributed by atoms with Crippen molar-refractivity contribution in [3.8, 4) is 5.75 Å². The van der Waals surface area contributed by atoms with Crippen molar-refractivity contribution in [2.24, 2.45) is 0 Å². The summed E-state index contributed by atoms with van der Waals surface area (Å²) >= 11 is 0. The first kappa shape index (κ1) is 11.8. The van der Waals surface area contributed by atoms with Crippen LogP contribution < -0.4 is 4.74 Å². The number of benzene rings is 1. The predicted molar refractivity (Wildman–Crippen MR) is 62.0 cm³/mol. The molecule has 0 aliphatic rings. The second kappa shape index (κ2) is 7.07. The number of aliphatic hydroxyl groups is 1. The van der Waals surface area contributed by atoms with Crippen molar-refractivity contribution in [1.82, 2.24) is 0 Å². The van der Waals surface area contributed by atoms with Crippen LogP contribution in [-0.2, 0) is 0 Å². The van der Waals surface area contributed by atoms with Gasteiger partial charge in [0.25, 0.3) is 0 Å². The highest BCUT2D eigenvalue weighted by Gasteiger charge is 2.03. The number of unbranched alkanes of at least 4 members (excludes halogenated alkanes) is 1. The molecule has 82 valence electrons. The lowest BCUT2D eigenvalue weighted by Crippen LogP contribution is -2.17. The maximum atomic E-state index is 9.58. The standard InChI is InChI=1S/C13H18O2/c1-2-3-5-8-12(14)11-15-13-9-6-4-7-10-13/h2,4,6-7,9-10,12,14H,1,3,5,8,11H2. The molecule has 1 aromatic rings. The molecule has 0 radical (unpaired) electrons. The summed E-state index contributed by atoms with van der Waals surface area (Å²) in [6, 6.07) is 9.54. The molecule has 0 aliphatic carbocycles. The molecule has 0 amide bonds. The molecule has 0 heterocycles. The van der Waals surface area contributed by atoms with Gasteiger partial charge in [-0.15, -0.1) is 6.58 Å². The van der Waals surface area contributed by atoms with E-state index in [-0.39, 0.29) is 6.10 Å². The molecule has 1 atom stereocenters. The molecular formula is C13H18O2. The highest BCUT2D eigenvalue weighted by Crippen LogP contribution is 2.10. The first-order valence-electron chi connectivity index (χ1n) is 5.29. The lowest BCUT2D eigenvalue weighted by atomic mass is 10.1. The molecule has 2 heteroatoms. The van der Waals surface area contributed by atoms with Crippen LogP contribution in [0.1, 0.15) is 19.3 Å². The molecule has 2 nitrogen and oxygen atoms in total. The molecule has 0 aromatic heterocycles. The molecule has 1 unspecified atom stereocenters. The molecule has 1 aromatic carbocycles. The second-order valence-corrected chi connectivity index (χ2v) is 3.50. The minimum absolute atomic E-state index is 0.362. The van der Waals surface area contributed by atoms with Crippen LogP contribution in [-0.4, -0.2) is 17.8 Å². The van der Waals surface area contributed by atoms with Crippen molar-refractivity contribution in [3.63, 3.8) is 0 Å². The minimum atomic E-state index is -0.384. The van der Waals surface area contributed by atoms with Crippen LogP contribution >= 0.6 is 0 Å². The van der Waals surface area contributed by atoms with E-state index >= 15 is 0 Å². The van der Waals surface area contributed by atoms with Crippen molar-refractivity contribution < 1.29 is 9.84 Å². The van der Waals surface area contributed by atoms with E-state index in [4.69, 9.17) is 4.74 Å². The smallest absolute Gasteiger partial charge is 0.119 e. The predicted octanol–water partition coefficient (Wildman–Crippen LogP) is 2.78. The fourth-order valence-electron chi connectivity index (χ4n) is 1.29. The Balaban J connectivity index is 2.16. The van der Waals surface area contributed by atoms with Crippen molar-refractivity contribution in [3.05, 3.63) is 43.0 Å². The molecule has 1 N–H and O–H groups in total. The van der Waals surface area contributed by atoms with Crippen molar-refractivity contribution in [2.45, 2.75) is 25.4 Å². The Kier molecular flexibility index (Phi) is 5.56. The highest BCUT2D eigenvalue weighted by atomic mass is 16.5. The molecular weight excluding hydrogens is 188 g/mol. The van der Waals surface area contributed by atoms with E-state index < -0.39 is 0 Å². The first-order valence-corrected chi connectivity index (χ1v) is 5.29. The Hall–Kier alpha value is -1.28. The van der Waals surface area contributed by atoms with Gasteiger partial charge in [-0.3, -0.25) is 0 Å². The number of rotatable bonds is 7.